The molecule has 0 aromatic heterocycles. The Kier molecular flexibility index (Phi) is 4.58. The molecule has 0 unspecified atom stereocenters. The van der Waals surface area contributed by atoms with Crippen LogP contribution in [0.25, 0.3) is 10.8 Å². The molecule has 0 saturated carbocycles. The number of aldehydes is 1. The number of hydrogen-bond donors (Lipinski definition) is 0. The first-order valence-corrected chi connectivity index (χ1v) is 6.46. The molecule has 4 nitrogen and oxygen atoms in total. The van der Waals surface area contributed by atoms with E-state index >= 15 is 0 Å². The summed E-state index contributed by atoms with van der Waals surface area (Å²) in [7, 11) is 3.12. The molecule has 20 heavy (non-hydrogen) atoms. The second kappa shape index (κ2) is 6.39. The average Bonchev–Trinajstić information content (AvgIpc) is 2.51. The van der Waals surface area contributed by atoms with E-state index in [0.717, 1.165) is 29.0 Å². The highest BCUT2D eigenvalue weighted by atomic mass is 16.7. The molecule has 0 radical (unpaired) electrons. The van der Waals surface area contributed by atoms with Crippen molar-refractivity contribution in [3.63, 3.8) is 0 Å². The lowest BCUT2D eigenvalue weighted by Crippen LogP contribution is -2.03. The van der Waals surface area contributed by atoms with E-state index in [0.29, 0.717) is 17.1 Å². The molecule has 2 rings (SSSR count). The molecular formula is C16H18O4. The van der Waals surface area contributed by atoms with Crippen LogP contribution in [0.2, 0.25) is 0 Å². The SMILES string of the molecule is CCc1cccc2c(C=O)cc(OC)c(OCOC)c12. The number of benzene rings is 2. The average molecular weight is 274 g/mol. The van der Waals surface area contributed by atoms with Crippen LogP contribution in [0, 0.1) is 0 Å². The fourth-order valence-electron chi connectivity index (χ4n) is 2.32. The number of fused-ring (bicyclic) bond motifs is 1. The molecular weight excluding hydrogens is 256 g/mol. The normalized spacial score (nSPS) is 10.6. The first-order chi connectivity index (χ1) is 9.76. The van der Waals surface area contributed by atoms with Gasteiger partial charge in [0.05, 0.1) is 7.11 Å². The zero-order valence-corrected chi connectivity index (χ0v) is 11.9. The van der Waals surface area contributed by atoms with Crippen molar-refractivity contribution < 1.29 is 19.0 Å². The largest absolute Gasteiger partial charge is 0.493 e. The molecule has 4 heteroatoms. The van der Waals surface area contributed by atoms with Crippen molar-refractivity contribution in [3.05, 3.63) is 35.4 Å². The van der Waals surface area contributed by atoms with Gasteiger partial charge in [0.25, 0.3) is 0 Å². The summed E-state index contributed by atoms with van der Waals surface area (Å²) in [4.78, 5) is 11.3. The van der Waals surface area contributed by atoms with Crippen molar-refractivity contribution in [3.8, 4) is 11.5 Å². The molecule has 0 aliphatic heterocycles. The maximum atomic E-state index is 11.3. The lowest BCUT2D eigenvalue weighted by Gasteiger charge is -2.16. The zero-order chi connectivity index (χ0) is 14.5. The van der Waals surface area contributed by atoms with Gasteiger partial charge >= 0.3 is 0 Å². The molecule has 0 bridgehead atoms. The van der Waals surface area contributed by atoms with E-state index in [2.05, 4.69) is 6.92 Å². The Morgan fingerprint density at radius 2 is 2.05 bits per heavy atom. The molecule has 0 spiro atoms. The van der Waals surface area contributed by atoms with Gasteiger partial charge in [-0.25, -0.2) is 0 Å². The maximum Gasteiger partial charge on any atom is 0.188 e. The molecule has 2 aromatic rings. The van der Waals surface area contributed by atoms with E-state index in [1.807, 2.05) is 18.2 Å². The van der Waals surface area contributed by atoms with E-state index in [1.54, 1.807) is 20.3 Å². The van der Waals surface area contributed by atoms with E-state index in [-0.39, 0.29) is 6.79 Å². The highest BCUT2D eigenvalue weighted by Crippen LogP contribution is 2.39. The second-order valence-electron chi connectivity index (χ2n) is 4.36. The number of methoxy groups -OCH3 is 2. The van der Waals surface area contributed by atoms with Crippen molar-refractivity contribution in [1.29, 1.82) is 0 Å². The Balaban J connectivity index is 2.80. The molecule has 0 N–H and O–H groups in total. The van der Waals surface area contributed by atoms with Gasteiger partial charge in [-0.2, -0.15) is 0 Å². The van der Waals surface area contributed by atoms with Gasteiger partial charge < -0.3 is 14.2 Å². The lowest BCUT2D eigenvalue weighted by atomic mass is 9.97. The third-order valence-electron chi connectivity index (χ3n) is 3.25. The van der Waals surface area contributed by atoms with Crippen LogP contribution in [0.4, 0.5) is 0 Å². The smallest absolute Gasteiger partial charge is 0.188 e. The van der Waals surface area contributed by atoms with Crippen LogP contribution in [0.15, 0.2) is 24.3 Å². The minimum Gasteiger partial charge on any atom is -0.493 e. The fraction of sp³-hybridized carbons (Fsp3) is 0.312. The van der Waals surface area contributed by atoms with Crippen molar-refractivity contribution in [2.75, 3.05) is 21.0 Å². The predicted octanol–water partition coefficient (Wildman–Crippen LogP) is 3.21. The highest BCUT2D eigenvalue weighted by Gasteiger charge is 2.16. The van der Waals surface area contributed by atoms with Crippen LogP contribution in [0.1, 0.15) is 22.8 Å². The van der Waals surface area contributed by atoms with E-state index in [4.69, 9.17) is 14.2 Å². The third-order valence-corrected chi connectivity index (χ3v) is 3.25. The molecule has 2 aromatic carbocycles. The summed E-state index contributed by atoms with van der Waals surface area (Å²) in [5, 5.41) is 1.78. The molecule has 0 fully saturated rings. The Hall–Kier alpha value is -2.07. The third kappa shape index (κ3) is 2.47. The monoisotopic (exact) mass is 274 g/mol. The van der Waals surface area contributed by atoms with Crippen LogP contribution < -0.4 is 9.47 Å². The highest BCUT2D eigenvalue weighted by molar-refractivity contribution is 6.04. The molecule has 0 amide bonds. The van der Waals surface area contributed by atoms with Gasteiger partial charge in [0, 0.05) is 18.1 Å². The topological polar surface area (TPSA) is 44.8 Å². The van der Waals surface area contributed by atoms with E-state index < -0.39 is 0 Å². The summed E-state index contributed by atoms with van der Waals surface area (Å²) in [6.45, 7) is 2.19. The fourth-order valence-corrected chi connectivity index (χ4v) is 2.32. The quantitative estimate of drug-likeness (QED) is 0.599. The number of aryl methyl sites for hydroxylation is 1. The van der Waals surface area contributed by atoms with Gasteiger partial charge in [0.15, 0.2) is 24.6 Å². The minimum absolute atomic E-state index is 0.129. The van der Waals surface area contributed by atoms with Crippen molar-refractivity contribution in [1.82, 2.24) is 0 Å². The van der Waals surface area contributed by atoms with Gasteiger partial charge in [0.1, 0.15) is 0 Å². The van der Waals surface area contributed by atoms with Crippen LogP contribution in [0.3, 0.4) is 0 Å². The van der Waals surface area contributed by atoms with Gasteiger partial charge in [-0.05, 0) is 23.4 Å². The first-order valence-electron chi connectivity index (χ1n) is 6.46. The molecule has 0 atom stereocenters. The van der Waals surface area contributed by atoms with Crippen LogP contribution in [-0.4, -0.2) is 27.3 Å². The Morgan fingerprint density at radius 3 is 2.65 bits per heavy atom. The second-order valence-corrected chi connectivity index (χ2v) is 4.36. The molecule has 0 saturated heterocycles. The zero-order valence-electron chi connectivity index (χ0n) is 11.9. The minimum atomic E-state index is 0.129. The van der Waals surface area contributed by atoms with Crippen LogP contribution >= 0.6 is 0 Å². The van der Waals surface area contributed by atoms with Gasteiger partial charge in [-0.3, -0.25) is 4.79 Å². The van der Waals surface area contributed by atoms with Gasteiger partial charge in [-0.1, -0.05) is 25.1 Å². The summed E-state index contributed by atoms with van der Waals surface area (Å²) in [6, 6.07) is 7.58. The van der Waals surface area contributed by atoms with E-state index in [9.17, 15) is 4.79 Å². The van der Waals surface area contributed by atoms with Gasteiger partial charge in [-0.15, -0.1) is 0 Å². The summed E-state index contributed by atoms with van der Waals surface area (Å²) in [5.41, 5.74) is 1.70. The van der Waals surface area contributed by atoms with Crippen molar-refractivity contribution in [2.24, 2.45) is 0 Å². The molecule has 0 aliphatic rings. The number of hydrogen-bond acceptors (Lipinski definition) is 4. The predicted molar refractivity (Wildman–Crippen MR) is 77.8 cm³/mol. The van der Waals surface area contributed by atoms with Crippen LogP contribution in [-0.2, 0) is 11.2 Å². The number of carbonyl (C=O) groups is 1. The summed E-state index contributed by atoms with van der Waals surface area (Å²) in [5.74, 6) is 1.16. The summed E-state index contributed by atoms with van der Waals surface area (Å²) >= 11 is 0. The van der Waals surface area contributed by atoms with E-state index in [1.165, 1.54) is 0 Å². The lowest BCUT2D eigenvalue weighted by molar-refractivity contribution is 0.0503. The van der Waals surface area contributed by atoms with Gasteiger partial charge in [0.2, 0.25) is 0 Å². The number of rotatable bonds is 6. The Labute approximate surface area is 118 Å². The first kappa shape index (κ1) is 14.3. The Morgan fingerprint density at radius 1 is 1.25 bits per heavy atom. The summed E-state index contributed by atoms with van der Waals surface area (Å²) < 4.78 is 16.0. The van der Waals surface area contributed by atoms with Crippen molar-refractivity contribution >= 4 is 17.1 Å². The standard InChI is InChI=1S/C16H18O4/c1-4-11-6-5-7-13-12(9-17)8-14(19-3)16(15(11)13)20-10-18-2/h5-9H,4,10H2,1-3H3. The van der Waals surface area contributed by atoms with Crippen LogP contribution in [0.5, 0.6) is 11.5 Å². The maximum absolute atomic E-state index is 11.3. The Bertz CT molecular complexity index is 619. The van der Waals surface area contributed by atoms with Crippen molar-refractivity contribution in [2.45, 2.75) is 13.3 Å². The molecule has 0 heterocycles. The summed E-state index contributed by atoms with van der Waals surface area (Å²) in [6.07, 6.45) is 1.68. The molecule has 106 valence electrons. The molecule has 0 aliphatic carbocycles. The number of carbonyl (C=O) groups excluding carboxylic acids is 1. The number of ether oxygens (including phenoxy) is 3.